The number of aromatic nitrogens is 2. The van der Waals surface area contributed by atoms with Gasteiger partial charge in [0.25, 0.3) is 0 Å². The SMILES string of the molecule is N#Cc1ccc(-c2cccnc2)nc1N1CCCC1. The Kier molecular flexibility index (Phi) is 3.11. The zero-order valence-electron chi connectivity index (χ0n) is 10.6. The third-order valence-electron chi connectivity index (χ3n) is 3.36. The standard InChI is InChI=1S/C15H14N4/c16-10-12-5-6-14(13-4-3-7-17-11-13)18-15(12)19-8-1-2-9-19/h3-7,11H,1-2,8-9H2. The molecule has 1 saturated heterocycles. The number of anilines is 1. The molecule has 0 saturated carbocycles. The Morgan fingerprint density at radius 3 is 2.68 bits per heavy atom. The van der Waals surface area contributed by atoms with Gasteiger partial charge in [0, 0.05) is 31.0 Å². The minimum absolute atomic E-state index is 0.648. The van der Waals surface area contributed by atoms with Crippen LogP contribution in [0.25, 0.3) is 11.3 Å². The van der Waals surface area contributed by atoms with Gasteiger partial charge in [0.05, 0.1) is 11.3 Å². The highest BCUT2D eigenvalue weighted by Crippen LogP contribution is 2.26. The highest BCUT2D eigenvalue weighted by molar-refractivity contribution is 5.64. The quantitative estimate of drug-likeness (QED) is 0.822. The molecule has 0 N–H and O–H groups in total. The normalized spacial score (nSPS) is 14.4. The lowest BCUT2D eigenvalue weighted by Crippen LogP contribution is -2.20. The van der Waals surface area contributed by atoms with Gasteiger partial charge < -0.3 is 4.90 Å². The van der Waals surface area contributed by atoms with Crippen molar-refractivity contribution in [1.82, 2.24) is 9.97 Å². The molecule has 0 atom stereocenters. The second-order valence-corrected chi connectivity index (χ2v) is 4.62. The Hall–Kier alpha value is -2.41. The molecule has 3 rings (SSSR count). The summed E-state index contributed by atoms with van der Waals surface area (Å²) in [6.07, 6.45) is 5.88. The van der Waals surface area contributed by atoms with Crippen molar-refractivity contribution >= 4 is 5.82 Å². The molecule has 94 valence electrons. The van der Waals surface area contributed by atoms with E-state index in [1.165, 1.54) is 12.8 Å². The van der Waals surface area contributed by atoms with Crippen molar-refractivity contribution < 1.29 is 0 Å². The van der Waals surface area contributed by atoms with Crippen molar-refractivity contribution in [2.45, 2.75) is 12.8 Å². The fourth-order valence-electron chi connectivity index (χ4n) is 2.38. The molecule has 2 aromatic heterocycles. The number of nitriles is 1. The summed E-state index contributed by atoms with van der Waals surface area (Å²) in [5, 5.41) is 9.21. The highest BCUT2D eigenvalue weighted by Gasteiger charge is 2.18. The van der Waals surface area contributed by atoms with E-state index in [0.717, 1.165) is 30.2 Å². The minimum Gasteiger partial charge on any atom is -0.356 e. The van der Waals surface area contributed by atoms with Crippen LogP contribution < -0.4 is 4.90 Å². The van der Waals surface area contributed by atoms with Crippen LogP contribution in [0.1, 0.15) is 18.4 Å². The average Bonchev–Trinajstić information content (AvgIpc) is 3.01. The van der Waals surface area contributed by atoms with Crippen molar-refractivity contribution in [2.24, 2.45) is 0 Å². The van der Waals surface area contributed by atoms with E-state index in [-0.39, 0.29) is 0 Å². The van der Waals surface area contributed by atoms with Crippen LogP contribution in [0.4, 0.5) is 5.82 Å². The molecule has 19 heavy (non-hydrogen) atoms. The molecule has 1 aliphatic heterocycles. The Morgan fingerprint density at radius 1 is 1.16 bits per heavy atom. The van der Waals surface area contributed by atoms with Crippen molar-refractivity contribution in [3.63, 3.8) is 0 Å². The summed E-state index contributed by atoms with van der Waals surface area (Å²) in [6.45, 7) is 1.97. The van der Waals surface area contributed by atoms with E-state index in [2.05, 4.69) is 20.9 Å². The summed E-state index contributed by atoms with van der Waals surface area (Å²) in [7, 11) is 0. The van der Waals surface area contributed by atoms with Gasteiger partial charge in [0.2, 0.25) is 0 Å². The third kappa shape index (κ3) is 2.27. The van der Waals surface area contributed by atoms with Crippen molar-refractivity contribution in [2.75, 3.05) is 18.0 Å². The number of hydrogen-bond acceptors (Lipinski definition) is 4. The fraction of sp³-hybridized carbons (Fsp3) is 0.267. The maximum Gasteiger partial charge on any atom is 0.147 e. The van der Waals surface area contributed by atoms with Gasteiger partial charge in [0.15, 0.2) is 0 Å². The summed E-state index contributed by atoms with van der Waals surface area (Å²) in [5.74, 6) is 0.807. The summed E-state index contributed by atoms with van der Waals surface area (Å²) in [6, 6.07) is 9.84. The molecule has 3 heterocycles. The first-order valence-corrected chi connectivity index (χ1v) is 6.45. The lowest BCUT2D eigenvalue weighted by molar-refractivity contribution is 0.935. The minimum atomic E-state index is 0.648. The first-order chi connectivity index (χ1) is 9.38. The molecule has 0 spiro atoms. The van der Waals surface area contributed by atoms with Gasteiger partial charge in [-0.1, -0.05) is 0 Å². The van der Waals surface area contributed by atoms with Crippen LogP contribution in [0.5, 0.6) is 0 Å². The van der Waals surface area contributed by atoms with Crippen LogP contribution in [0.3, 0.4) is 0 Å². The average molecular weight is 250 g/mol. The van der Waals surface area contributed by atoms with Crippen LogP contribution >= 0.6 is 0 Å². The molecule has 0 aromatic carbocycles. The van der Waals surface area contributed by atoms with Gasteiger partial charge in [-0.2, -0.15) is 5.26 Å². The molecule has 1 fully saturated rings. The zero-order chi connectivity index (χ0) is 13.1. The maximum absolute atomic E-state index is 9.21. The molecule has 0 aliphatic carbocycles. The Morgan fingerprint density at radius 2 is 2.00 bits per heavy atom. The number of nitrogens with zero attached hydrogens (tertiary/aromatic N) is 4. The van der Waals surface area contributed by atoms with Gasteiger partial charge in [-0.3, -0.25) is 4.98 Å². The molecule has 0 bridgehead atoms. The highest BCUT2D eigenvalue weighted by atomic mass is 15.2. The predicted molar refractivity (Wildman–Crippen MR) is 73.6 cm³/mol. The fourth-order valence-corrected chi connectivity index (χ4v) is 2.38. The van der Waals surface area contributed by atoms with E-state index >= 15 is 0 Å². The number of hydrogen-bond donors (Lipinski definition) is 0. The van der Waals surface area contributed by atoms with Crippen LogP contribution in [-0.2, 0) is 0 Å². The molecule has 1 aliphatic rings. The Bertz CT molecular complexity index is 610. The Balaban J connectivity index is 2.05. The smallest absolute Gasteiger partial charge is 0.147 e. The van der Waals surface area contributed by atoms with E-state index in [0.29, 0.717) is 5.56 Å². The molecule has 0 unspecified atom stereocenters. The summed E-state index contributed by atoms with van der Waals surface area (Å²) in [5.41, 5.74) is 2.50. The van der Waals surface area contributed by atoms with E-state index in [9.17, 15) is 5.26 Å². The van der Waals surface area contributed by atoms with Crippen LogP contribution in [0.2, 0.25) is 0 Å². The molecule has 4 heteroatoms. The zero-order valence-corrected chi connectivity index (χ0v) is 10.6. The largest absolute Gasteiger partial charge is 0.356 e. The van der Waals surface area contributed by atoms with Gasteiger partial charge >= 0.3 is 0 Å². The number of rotatable bonds is 2. The maximum atomic E-state index is 9.21. The number of pyridine rings is 2. The van der Waals surface area contributed by atoms with Gasteiger partial charge in [-0.25, -0.2) is 4.98 Å². The van der Waals surface area contributed by atoms with Gasteiger partial charge in [-0.15, -0.1) is 0 Å². The predicted octanol–water partition coefficient (Wildman–Crippen LogP) is 2.62. The summed E-state index contributed by atoms with van der Waals surface area (Å²) < 4.78 is 0. The van der Waals surface area contributed by atoms with E-state index in [1.807, 2.05) is 24.3 Å². The molecular formula is C15H14N4. The van der Waals surface area contributed by atoms with Gasteiger partial charge in [-0.05, 0) is 37.1 Å². The van der Waals surface area contributed by atoms with Crippen molar-refractivity contribution in [1.29, 1.82) is 5.26 Å². The molecule has 2 aromatic rings. The summed E-state index contributed by atoms with van der Waals surface area (Å²) >= 11 is 0. The molecule has 4 nitrogen and oxygen atoms in total. The first kappa shape index (κ1) is 11.7. The van der Waals surface area contributed by atoms with Crippen molar-refractivity contribution in [3.8, 4) is 17.3 Å². The second kappa shape index (κ2) is 5.07. The van der Waals surface area contributed by atoms with E-state index < -0.39 is 0 Å². The third-order valence-corrected chi connectivity index (χ3v) is 3.36. The Labute approximate surface area is 112 Å². The molecular weight excluding hydrogens is 236 g/mol. The van der Waals surface area contributed by atoms with Crippen LogP contribution in [0, 0.1) is 11.3 Å². The van der Waals surface area contributed by atoms with E-state index in [4.69, 9.17) is 0 Å². The lowest BCUT2D eigenvalue weighted by atomic mass is 10.1. The van der Waals surface area contributed by atoms with Gasteiger partial charge in [0.1, 0.15) is 11.9 Å². The molecule has 0 radical (unpaired) electrons. The topological polar surface area (TPSA) is 52.8 Å². The lowest BCUT2D eigenvalue weighted by Gasteiger charge is -2.18. The second-order valence-electron chi connectivity index (χ2n) is 4.62. The molecule has 0 amide bonds. The first-order valence-electron chi connectivity index (χ1n) is 6.45. The van der Waals surface area contributed by atoms with Crippen LogP contribution in [0.15, 0.2) is 36.7 Å². The van der Waals surface area contributed by atoms with Crippen LogP contribution in [-0.4, -0.2) is 23.1 Å². The van der Waals surface area contributed by atoms with E-state index in [1.54, 1.807) is 12.4 Å². The van der Waals surface area contributed by atoms with Crippen molar-refractivity contribution in [3.05, 3.63) is 42.2 Å². The summed E-state index contributed by atoms with van der Waals surface area (Å²) in [4.78, 5) is 11.0. The monoisotopic (exact) mass is 250 g/mol.